The van der Waals surface area contributed by atoms with Crippen molar-refractivity contribution < 1.29 is 17.0 Å². The molecule has 0 unspecified atom stereocenters. The predicted octanol–water partition coefficient (Wildman–Crippen LogP) is -0.818. The molecule has 2 rings (SSSR count). The smallest absolute Gasteiger partial charge is 1.00 e. The van der Waals surface area contributed by atoms with E-state index in [1.165, 1.54) is 10.8 Å². The van der Waals surface area contributed by atoms with Crippen LogP contribution in [0.4, 0.5) is 0 Å². The Hall–Kier alpha value is 0.0762. The Labute approximate surface area is 92.9 Å². The second kappa shape index (κ2) is 4.85. The molecule has 0 nitrogen and oxygen atoms in total. The monoisotopic (exact) mass is 218 g/mol. The maximum Gasteiger partial charge on any atom is 2.00 e. The van der Waals surface area contributed by atoms with Gasteiger partial charge in [0, 0.05) is 0 Å². The minimum Gasteiger partial charge on any atom is -1.00 e. The van der Waals surface area contributed by atoms with Gasteiger partial charge in [-0.25, -0.2) is 0 Å². The largest absolute Gasteiger partial charge is 2.00 e. The number of benzene rings is 1. The summed E-state index contributed by atoms with van der Waals surface area (Å²) in [6.45, 7) is 0. The molecule has 2 aromatic carbocycles. The van der Waals surface area contributed by atoms with Gasteiger partial charge in [-0.05, 0) is 0 Å². The zero-order chi connectivity index (χ0) is 6.10. The van der Waals surface area contributed by atoms with Gasteiger partial charge >= 0.3 is 23.1 Å². The average molecular weight is 219 g/mol. The molecule has 0 radical (unpaired) electrons. The van der Waals surface area contributed by atoms with Crippen LogP contribution in [0.2, 0.25) is 0 Å². The van der Waals surface area contributed by atoms with E-state index in [0.717, 1.165) is 0 Å². The Morgan fingerprint density at radius 1 is 1.00 bits per heavy atom. The summed E-state index contributed by atoms with van der Waals surface area (Å²) in [5.74, 6) is 0. The molecular formula is C9H7BrMg. The first-order valence-electron chi connectivity index (χ1n) is 3.07. The van der Waals surface area contributed by atoms with Crippen LogP contribution in [0.25, 0.3) is 10.8 Å². The Morgan fingerprint density at radius 2 is 1.73 bits per heavy atom. The molecule has 0 fully saturated rings. The minimum absolute atomic E-state index is 0. The maximum absolute atomic E-state index is 2.12. The molecule has 2 aromatic rings. The fraction of sp³-hybridized carbons (Fsp3) is 0. The number of rotatable bonds is 0. The molecule has 52 valence electrons. The SMILES string of the molecule is [Br-].[Mg+2].c1ccc2[cH-]ccc2c1. The van der Waals surface area contributed by atoms with Crippen molar-refractivity contribution >= 4 is 33.8 Å². The van der Waals surface area contributed by atoms with Crippen LogP contribution >= 0.6 is 0 Å². The van der Waals surface area contributed by atoms with Crippen LogP contribution in [0.1, 0.15) is 0 Å². The topological polar surface area (TPSA) is 0 Å². The summed E-state index contributed by atoms with van der Waals surface area (Å²) in [7, 11) is 0. The first-order valence-corrected chi connectivity index (χ1v) is 3.07. The summed E-state index contributed by atoms with van der Waals surface area (Å²) in [4.78, 5) is 0. The molecule has 0 saturated carbocycles. The Morgan fingerprint density at radius 3 is 2.45 bits per heavy atom. The predicted molar refractivity (Wildman–Crippen MR) is 45.3 cm³/mol. The fourth-order valence-corrected chi connectivity index (χ4v) is 1.07. The molecule has 0 aliphatic rings. The van der Waals surface area contributed by atoms with Crippen molar-refractivity contribution in [2.45, 2.75) is 0 Å². The number of hydrogen-bond acceptors (Lipinski definition) is 0. The van der Waals surface area contributed by atoms with Crippen LogP contribution in [0, 0.1) is 0 Å². The Kier molecular flexibility index (Phi) is 4.89. The fourth-order valence-electron chi connectivity index (χ4n) is 1.07. The van der Waals surface area contributed by atoms with Crippen LogP contribution in [-0.4, -0.2) is 23.1 Å². The molecule has 0 aliphatic carbocycles. The van der Waals surface area contributed by atoms with Gasteiger partial charge in [0.1, 0.15) is 0 Å². The van der Waals surface area contributed by atoms with Gasteiger partial charge in [-0.15, -0.1) is 29.7 Å². The molecule has 0 saturated heterocycles. The van der Waals surface area contributed by atoms with E-state index in [-0.39, 0.29) is 40.0 Å². The van der Waals surface area contributed by atoms with Crippen molar-refractivity contribution in [2.75, 3.05) is 0 Å². The van der Waals surface area contributed by atoms with E-state index >= 15 is 0 Å². The Bertz CT molecular complexity index is 284. The Balaban J connectivity index is 0.000000500. The molecule has 0 heterocycles. The standard InChI is InChI=1S/C9H7.BrH.Mg/c1-2-5-9-7-3-6-8(9)4-1;;/h1-7H;1H;/q-1;;+2/p-1. The summed E-state index contributed by atoms with van der Waals surface area (Å²) >= 11 is 0. The second-order valence-corrected chi connectivity index (χ2v) is 2.15. The summed E-state index contributed by atoms with van der Waals surface area (Å²) in [5, 5.41) is 2.66. The first kappa shape index (κ1) is 11.1. The van der Waals surface area contributed by atoms with E-state index in [0.29, 0.717) is 0 Å². The van der Waals surface area contributed by atoms with Gasteiger partial charge in [0.15, 0.2) is 0 Å². The van der Waals surface area contributed by atoms with E-state index < -0.39 is 0 Å². The van der Waals surface area contributed by atoms with Crippen LogP contribution in [0.3, 0.4) is 0 Å². The molecule has 0 aliphatic heterocycles. The van der Waals surface area contributed by atoms with E-state index in [9.17, 15) is 0 Å². The number of halogens is 1. The molecule has 0 aromatic heterocycles. The van der Waals surface area contributed by atoms with Crippen molar-refractivity contribution in [2.24, 2.45) is 0 Å². The maximum atomic E-state index is 2.12. The van der Waals surface area contributed by atoms with Gasteiger partial charge in [-0.1, -0.05) is 6.07 Å². The summed E-state index contributed by atoms with van der Waals surface area (Å²) in [6, 6.07) is 14.7. The molecule has 11 heavy (non-hydrogen) atoms. The van der Waals surface area contributed by atoms with Crippen molar-refractivity contribution in [3.8, 4) is 0 Å². The summed E-state index contributed by atoms with van der Waals surface area (Å²) in [6.07, 6.45) is 0. The molecule has 0 spiro atoms. The van der Waals surface area contributed by atoms with Gasteiger partial charge in [-0.3, -0.25) is 0 Å². The normalized spacial score (nSPS) is 8.36. The molecule has 0 N–H and O–H groups in total. The third kappa shape index (κ3) is 2.25. The van der Waals surface area contributed by atoms with Gasteiger partial charge in [0.05, 0.1) is 0 Å². The van der Waals surface area contributed by atoms with Crippen molar-refractivity contribution in [1.29, 1.82) is 0 Å². The summed E-state index contributed by atoms with van der Waals surface area (Å²) < 4.78 is 0. The van der Waals surface area contributed by atoms with Gasteiger partial charge in [-0.2, -0.15) is 17.5 Å². The molecule has 0 amide bonds. The second-order valence-electron chi connectivity index (χ2n) is 2.15. The zero-order valence-electron chi connectivity index (χ0n) is 6.13. The van der Waals surface area contributed by atoms with Crippen molar-refractivity contribution in [1.82, 2.24) is 0 Å². The molecule has 0 bridgehead atoms. The van der Waals surface area contributed by atoms with Crippen molar-refractivity contribution in [3.05, 3.63) is 42.5 Å². The van der Waals surface area contributed by atoms with Crippen LogP contribution in [0.5, 0.6) is 0 Å². The number of hydrogen-bond donors (Lipinski definition) is 0. The quantitative estimate of drug-likeness (QED) is 0.401. The van der Waals surface area contributed by atoms with E-state index in [1.54, 1.807) is 0 Å². The number of fused-ring (bicyclic) bond motifs is 1. The third-order valence-corrected chi connectivity index (χ3v) is 1.55. The average Bonchev–Trinajstić information content (AvgIpc) is 2.33. The molecule has 0 atom stereocenters. The van der Waals surface area contributed by atoms with Crippen molar-refractivity contribution in [3.63, 3.8) is 0 Å². The summed E-state index contributed by atoms with van der Waals surface area (Å²) in [5.41, 5.74) is 0. The van der Waals surface area contributed by atoms with E-state index in [4.69, 9.17) is 0 Å². The molecule has 2 heteroatoms. The zero-order valence-corrected chi connectivity index (χ0v) is 9.13. The van der Waals surface area contributed by atoms with Gasteiger partial charge < -0.3 is 17.0 Å². The third-order valence-electron chi connectivity index (χ3n) is 1.55. The first-order chi connectivity index (χ1) is 4.47. The van der Waals surface area contributed by atoms with Crippen LogP contribution in [-0.2, 0) is 0 Å². The van der Waals surface area contributed by atoms with E-state index in [1.807, 2.05) is 0 Å². The van der Waals surface area contributed by atoms with E-state index in [2.05, 4.69) is 42.5 Å². The molecular weight excluding hydrogens is 212 g/mol. The minimum atomic E-state index is 0. The van der Waals surface area contributed by atoms with Gasteiger partial charge in [0.2, 0.25) is 0 Å². The van der Waals surface area contributed by atoms with Gasteiger partial charge in [0.25, 0.3) is 0 Å². The van der Waals surface area contributed by atoms with Crippen LogP contribution < -0.4 is 17.0 Å². The van der Waals surface area contributed by atoms with Crippen LogP contribution in [0.15, 0.2) is 42.5 Å².